The molecule has 0 aromatic carbocycles. The summed E-state index contributed by atoms with van der Waals surface area (Å²) in [7, 11) is 2.09. The van der Waals surface area contributed by atoms with E-state index in [2.05, 4.69) is 18.0 Å². The fourth-order valence-electron chi connectivity index (χ4n) is 1.81. The third kappa shape index (κ3) is 3.75. The van der Waals surface area contributed by atoms with Crippen LogP contribution in [0.2, 0.25) is 0 Å². The van der Waals surface area contributed by atoms with Gasteiger partial charge in [0, 0.05) is 13.0 Å². The maximum Gasteiger partial charge on any atom is 0.0622 e. The van der Waals surface area contributed by atoms with Gasteiger partial charge in [-0.25, -0.2) is 0 Å². The minimum absolute atomic E-state index is 0.0440. The average molecular weight is 182 g/mol. The van der Waals surface area contributed by atoms with Crippen molar-refractivity contribution in [2.24, 2.45) is 5.92 Å². The molecule has 3 nitrogen and oxygen atoms in total. The van der Waals surface area contributed by atoms with Crippen molar-refractivity contribution < 1.29 is 5.11 Å². The largest absolute Gasteiger partial charge is 0.393 e. The van der Waals surface area contributed by atoms with E-state index in [0.29, 0.717) is 12.3 Å². The molecule has 0 radical (unpaired) electrons. The van der Waals surface area contributed by atoms with E-state index in [4.69, 9.17) is 10.4 Å². The Hall–Kier alpha value is -0.590. The van der Waals surface area contributed by atoms with Gasteiger partial charge in [-0.3, -0.25) is 0 Å². The Balaban J connectivity index is 1.98. The van der Waals surface area contributed by atoms with E-state index < -0.39 is 0 Å². The summed E-state index contributed by atoms with van der Waals surface area (Å²) in [6.07, 6.45) is 3.49. The molecule has 0 unspecified atom stereocenters. The molecule has 0 bridgehead atoms. The highest BCUT2D eigenvalue weighted by atomic mass is 16.3. The highest BCUT2D eigenvalue weighted by Crippen LogP contribution is 2.27. The summed E-state index contributed by atoms with van der Waals surface area (Å²) < 4.78 is 0. The zero-order valence-electron chi connectivity index (χ0n) is 8.24. The van der Waals surface area contributed by atoms with Crippen molar-refractivity contribution >= 4 is 0 Å². The van der Waals surface area contributed by atoms with Crippen molar-refractivity contribution in [2.75, 3.05) is 20.1 Å². The van der Waals surface area contributed by atoms with Crippen molar-refractivity contribution in [3.63, 3.8) is 0 Å². The number of aliphatic hydroxyl groups is 1. The summed E-state index contributed by atoms with van der Waals surface area (Å²) >= 11 is 0. The molecule has 1 rings (SSSR count). The number of rotatable bonds is 5. The molecule has 0 heterocycles. The molecule has 0 atom stereocenters. The van der Waals surface area contributed by atoms with Gasteiger partial charge in [-0.2, -0.15) is 5.26 Å². The van der Waals surface area contributed by atoms with Gasteiger partial charge in [0.15, 0.2) is 0 Å². The summed E-state index contributed by atoms with van der Waals surface area (Å²) in [6.45, 7) is 2.07. The van der Waals surface area contributed by atoms with Crippen LogP contribution in [0, 0.1) is 17.2 Å². The fraction of sp³-hybridized carbons (Fsp3) is 0.900. The number of nitriles is 1. The van der Waals surface area contributed by atoms with E-state index in [0.717, 1.165) is 32.4 Å². The average Bonchev–Trinajstić information content (AvgIpc) is 2.02. The second-order valence-electron chi connectivity index (χ2n) is 4.02. The van der Waals surface area contributed by atoms with Crippen molar-refractivity contribution in [1.82, 2.24) is 4.90 Å². The first-order chi connectivity index (χ1) is 6.22. The van der Waals surface area contributed by atoms with Crippen LogP contribution in [0.25, 0.3) is 0 Å². The lowest BCUT2D eigenvalue weighted by molar-refractivity contribution is 0.0283. The summed E-state index contributed by atoms with van der Waals surface area (Å²) in [4.78, 5) is 2.26. The van der Waals surface area contributed by atoms with Gasteiger partial charge in [0.1, 0.15) is 0 Å². The first kappa shape index (κ1) is 10.5. The number of nitrogens with zero attached hydrogens (tertiary/aromatic N) is 2. The second kappa shape index (κ2) is 5.21. The maximum atomic E-state index is 9.08. The molecule has 1 fully saturated rings. The van der Waals surface area contributed by atoms with Gasteiger partial charge in [0.05, 0.1) is 12.2 Å². The Kier molecular flexibility index (Phi) is 4.20. The maximum absolute atomic E-state index is 9.08. The molecule has 1 aliphatic rings. The zero-order chi connectivity index (χ0) is 9.68. The molecule has 0 aromatic heterocycles. The number of aliphatic hydroxyl groups excluding tert-OH is 1. The highest BCUT2D eigenvalue weighted by Gasteiger charge is 2.27. The van der Waals surface area contributed by atoms with E-state index in [1.807, 2.05) is 0 Å². The predicted molar refractivity (Wildman–Crippen MR) is 51.1 cm³/mol. The Morgan fingerprint density at radius 2 is 2.23 bits per heavy atom. The first-order valence-corrected chi connectivity index (χ1v) is 4.96. The number of hydrogen-bond acceptors (Lipinski definition) is 3. The van der Waals surface area contributed by atoms with Crippen molar-refractivity contribution in [2.45, 2.75) is 31.8 Å². The molecule has 1 aliphatic carbocycles. The SMILES string of the molecule is CN(CCCC#N)CC1CC(O)C1. The van der Waals surface area contributed by atoms with Crippen LogP contribution in [-0.2, 0) is 0 Å². The van der Waals surface area contributed by atoms with E-state index >= 15 is 0 Å². The van der Waals surface area contributed by atoms with Crippen LogP contribution in [0.5, 0.6) is 0 Å². The van der Waals surface area contributed by atoms with Gasteiger partial charge in [0.25, 0.3) is 0 Å². The zero-order valence-corrected chi connectivity index (χ0v) is 8.24. The Bertz CT molecular complexity index is 182. The molecule has 0 aromatic rings. The Morgan fingerprint density at radius 1 is 1.54 bits per heavy atom. The van der Waals surface area contributed by atoms with Gasteiger partial charge >= 0.3 is 0 Å². The van der Waals surface area contributed by atoms with Crippen LogP contribution in [0.4, 0.5) is 0 Å². The third-order valence-electron chi connectivity index (χ3n) is 2.61. The van der Waals surface area contributed by atoms with E-state index in [1.54, 1.807) is 0 Å². The van der Waals surface area contributed by atoms with Crippen LogP contribution in [0.1, 0.15) is 25.7 Å². The van der Waals surface area contributed by atoms with Crippen molar-refractivity contribution in [1.29, 1.82) is 5.26 Å². The lowest BCUT2D eigenvalue weighted by Crippen LogP contribution is -2.37. The van der Waals surface area contributed by atoms with Crippen molar-refractivity contribution in [3.05, 3.63) is 0 Å². The van der Waals surface area contributed by atoms with Crippen molar-refractivity contribution in [3.8, 4) is 6.07 Å². The molecular weight excluding hydrogens is 164 g/mol. The van der Waals surface area contributed by atoms with E-state index in [-0.39, 0.29) is 6.10 Å². The van der Waals surface area contributed by atoms with Gasteiger partial charge in [-0.1, -0.05) is 0 Å². The second-order valence-corrected chi connectivity index (χ2v) is 4.02. The summed E-state index contributed by atoms with van der Waals surface area (Å²) in [5.41, 5.74) is 0. The van der Waals surface area contributed by atoms with Crippen LogP contribution in [-0.4, -0.2) is 36.2 Å². The van der Waals surface area contributed by atoms with Crippen LogP contribution in [0.3, 0.4) is 0 Å². The fourth-order valence-corrected chi connectivity index (χ4v) is 1.81. The van der Waals surface area contributed by atoms with Crippen LogP contribution >= 0.6 is 0 Å². The minimum atomic E-state index is -0.0440. The van der Waals surface area contributed by atoms with E-state index in [9.17, 15) is 0 Å². The third-order valence-corrected chi connectivity index (χ3v) is 2.61. The summed E-state index contributed by atoms with van der Waals surface area (Å²) in [5, 5.41) is 17.4. The van der Waals surface area contributed by atoms with Gasteiger partial charge < -0.3 is 10.0 Å². The van der Waals surface area contributed by atoms with Crippen LogP contribution < -0.4 is 0 Å². The standard InChI is InChI=1S/C10H18N2O/c1-12(5-3-2-4-11)8-9-6-10(13)7-9/h9-10,13H,2-3,5-8H2,1H3. The quantitative estimate of drug-likeness (QED) is 0.645. The van der Waals surface area contributed by atoms with Gasteiger partial charge in [-0.15, -0.1) is 0 Å². The first-order valence-electron chi connectivity index (χ1n) is 4.96. The lowest BCUT2D eigenvalue weighted by atomic mass is 9.82. The molecule has 0 amide bonds. The van der Waals surface area contributed by atoms with Gasteiger partial charge in [-0.05, 0) is 38.8 Å². The Morgan fingerprint density at radius 3 is 2.77 bits per heavy atom. The minimum Gasteiger partial charge on any atom is -0.393 e. The number of unbranched alkanes of at least 4 members (excludes halogenated alkanes) is 1. The summed E-state index contributed by atoms with van der Waals surface area (Å²) in [5.74, 6) is 0.682. The molecule has 0 aliphatic heterocycles. The van der Waals surface area contributed by atoms with E-state index in [1.165, 1.54) is 0 Å². The topological polar surface area (TPSA) is 47.3 Å². The normalized spacial score (nSPS) is 26.9. The summed E-state index contributed by atoms with van der Waals surface area (Å²) in [6, 6.07) is 2.14. The Labute approximate surface area is 80.0 Å². The molecule has 1 N–H and O–H groups in total. The molecule has 3 heteroatoms. The highest BCUT2D eigenvalue weighted by molar-refractivity contribution is 4.80. The molecule has 13 heavy (non-hydrogen) atoms. The predicted octanol–water partition coefficient (Wildman–Crippen LogP) is 0.993. The lowest BCUT2D eigenvalue weighted by Gasteiger charge is -2.34. The molecule has 74 valence electrons. The monoisotopic (exact) mass is 182 g/mol. The smallest absolute Gasteiger partial charge is 0.0622 e. The number of hydrogen-bond donors (Lipinski definition) is 1. The molecular formula is C10H18N2O. The van der Waals surface area contributed by atoms with Gasteiger partial charge in [0.2, 0.25) is 0 Å². The molecule has 0 spiro atoms. The molecule has 1 saturated carbocycles. The van der Waals surface area contributed by atoms with Crippen LogP contribution in [0.15, 0.2) is 0 Å². The molecule has 0 saturated heterocycles.